The van der Waals surface area contributed by atoms with Crippen LogP contribution < -0.4 is 5.32 Å². The van der Waals surface area contributed by atoms with Crippen molar-refractivity contribution in [1.29, 1.82) is 0 Å². The third kappa shape index (κ3) is 5.31. The molecule has 0 fully saturated rings. The topological polar surface area (TPSA) is 122 Å². The molecule has 0 unspecified atom stereocenters. The number of thiazole rings is 1. The molecule has 34 heavy (non-hydrogen) atoms. The highest BCUT2D eigenvalue weighted by molar-refractivity contribution is 8.00. The van der Waals surface area contributed by atoms with Gasteiger partial charge in [-0.05, 0) is 42.0 Å². The molecular weight excluding hydrogens is 521 g/mol. The first kappa shape index (κ1) is 24.0. The number of carboxylic acid groups (broad SMARTS) is 1. The number of carboxylic acids is 1. The maximum atomic E-state index is 12.7. The first-order chi connectivity index (χ1) is 16.2. The van der Waals surface area contributed by atoms with E-state index in [0.717, 1.165) is 38.3 Å². The van der Waals surface area contributed by atoms with Crippen LogP contribution in [0.2, 0.25) is 10.0 Å². The van der Waals surface area contributed by atoms with Crippen LogP contribution in [0.5, 0.6) is 0 Å². The molecule has 4 rings (SSSR count). The third-order valence-electron chi connectivity index (χ3n) is 4.68. The predicted octanol–water partition coefficient (Wildman–Crippen LogP) is 6.75. The standard InChI is InChI=1S/C22H13Cl2N3O5S2/c23-12-2-1-11(17(24)7-12)10-33-22-26-18-6-3-13(8-19(18)34-22)25-20(28)15-5-4-14(27(31)32)9-16(15)21(29)30/h1-9H,10H2,(H,25,28)(H,29,30). The fourth-order valence-corrected chi connectivity index (χ4v) is 5.71. The van der Waals surface area contributed by atoms with Gasteiger partial charge >= 0.3 is 5.97 Å². The van der Waals surface area contributed by atoms with E-state index in [-0.39, 0.29) is 5.56 Å². The van der Waals surface area contributed by atoms with Crippen LogP contribution in [0.4, 0.5) is 11.4 Å². The fraction of sp³-hybridized carbons (Fsp3) is 0.0455. The molecule has 2 N–H and O–H groups in total. The van der Waals surface area contributed by atoms with Crippen molar-refractivity contribution in [3.8, 4) is 0 Å². The molecule has 0 atom stereocenters. The lowest BCUT2D eigenvalue weighted by molar-refractivity contribution is -0.384. The number of nitrogens with zero attached hydrogens (tertiary/aromatic N) is 2. The average molecular weight is 534 g/mol. The Bertz CT molecular complexity index is 1460. The van der Waals surface area contributed by atoms with Crippen LogP contribution in [-0.4, -0.2) is 26.9 Å². The molecule has 0 radical (unpaired) electrons. The van der Waals surface area contributed by atoms with Gasteiger partial charge in [-0.1, -0.05) is 41.0 Å². The lowest BCUT2D eigenvalue weighted by Gasteiger charge is -2.08. The van der Waals surface area contributed by atoms with Gasteiger partial charge in [0.2, 0.25) is 0 Å². The summed E-state index contributed by atoms with van der Waals surface area (Å²) >= 11 is 15.1. The smallest absolute Gasteiger partial charge is 0.336 e. The zero-order valence-corrected chi connectivity index (χ0v) is 20.1. The number of rotatable bonds is 7. The summed E-state index contributed by atoms with van der Waals surface area (Å²) in [6.07, 6.45) is 0. The number of carbonyl (C=O) groups excluding carboxylic acids is 1. The molecule has 1 heterocycles. The molecule has 1 aromatic heterocycles. The molecule has 0 saturated heterocycles. The highest BCUT2D eigenvalue weighted by atomic mass is 35.5. The van der Waals surface area contributed by atoms with Crippen molar-refractivity contribution < 1.29 is 19.6 Å². The van der Waals surface area contributed by atoms with Gasteiger partial charge < -0.3 is 10.4 Å². The van der Waals surface area contributed by atoms with Gasteiger partial charge in [0.1, 0.15) is 0 Å². The Kier molecular flexibility index (Phi) is 7.03. The summed E-state index contributed by atoms with van der Waals surface area (Å²) in [5.41, 5.74) is 1.07. The molecule has 1 amide bonds. The molecule has 0 bridgehead atoms. The summed E-state index contributed by atoms with van der Waals surface area (Å²) < 4.78 is 1.64. The number of carbonyl (C=O) groups is 2. The van der Waals surface area contributed by atoms with Gasteiger partial charge in [-0.2, -0.15) is 0 Å². The predicted molar refractivity (Wildman–Crippen MR) is 134 cm³/mol. The summed E-state index contributed by atoms with van der Waals surface area (Å²) in [5.74, 6) is -1.52. The largest absolute Gasteiger partial charge is 0.478 e. The minimum atomic E-state index is -1.44. The number of anilines is 1. The first-order valence-electron chi connectivity index (χ1n) is 9.51. The second kappa shape index (κ2) is 9.98. The van der Waals surface area contributed by atoms with Crippen LogP contribution in [0.15, 0.2) is 58.9 Å². The van der Waals surface area contributed by atoms with Crippen LogP contribution in [0.1, 0.15) is 26.3 Å². The minimum Gasteiger partial charge on any atom is -0.478 e. The maximum absolute atomic E-state index is 12.7. The number of nitro groups is 1. The van der Waals surface area contributed by atoms with Crippen molar-refractivity contribution in [3.05, 3.63) is 91.4 Å². The van der Waals surface area contributed by atoms with Gasteiger partial charge in [0.15, 0.2) is 4.34 Å². The first-order valence-corrected chi connectivity index (χ1v) is 12.1. The van der Waals surface area contributed by atoms with Gasteiger partial charge in [-0.3, -0.25) is 14.9 Å². The van der Waals surface area contributed by atoms with Crippen molar-refractivity contribution in [2.45, 2.75) is 10.1 Å². The number of halogens is 2. The van der Waals surface area contributed by atoms with Crippen LogP contribution in [-0.2, 0) is 5.75 Å². The number of amides is 1. The van der Waals surface area contributed by atoms with E-state index in [1.165, 1.54) is 23.1 Å². The van der Waals surface area contributed by atoms with Crippen molar-refractivity contribution in [1.82, 2.24) is 4.98 Å². The number of benzene rings is 3. The summed E-state index contributed by atoms with van der Waals surface area (Å²) in [4.78, 5) is 39.0. The highest BCUT2D eigenvalue weighted by Crippen LogP contribution is 2.34. The molecule has 0 spiro atoms. The number of aromatic nitrogens is 1. The van der Waals surface area contributed by atoms with Crippen molar-refractivity contribution >= 4 is 79.8 Å². The van der Waals surface area contributed by atoms with Crippen molar-refractivity contribution in [3.63, 3.8) is 0 Å². The van der Waals surface area contributed by atoms with E-state index in [1.807, 2.05) is 6.07 Å². The number of hydrogen-bond donors (Lipinski definition) is 2. The zero-order chi connectivity index (χ0) is 24.4. The number of nitro benzene ring substituents is 1. The van der Waals surface area contributed by atoms with Crippen LogP contribution in [0.3, 0.4) is 0 Å². The Balaban J connectivity index is 1.51. The normalized spacial score (nSPS) is 10.9. The highest BCUT2D eigenvalue weighted by Gasteiger charge is 2.21. The zero-order valence-electron chi connectivity index (χ0n) is 17.0. The molecule has 0 saturated carbocycles. The van der Waals surface area contributed by atoms with E-state index in [4.69, 9.17) is 23.2 Å². The lowest BCUT2D eigenvalue weighted by Crippen LogP contribution is -2.16. The molecule has 0 aliphatic heterocycles. The Labute approximate surface area is 210 Å². The number of nitrogens with one attached hydrogen (secondary N) is 1. The van der Waals surface area contributed by atoms with Crippen molar-refractivity contribution in [2.75, 3.05) is 5.32 Å². The molecule has 8 nitrogen and oxygen atoms in total. The van der Waals surface area contributed by atoms with Gasteiger partial charge in [-0.25, -0.2) is 9.78 Å². The summed E-state index contributed by atoms with van der Waals surface area (Å²) in [5, 5.41) is 24.1. The number of thioether (sulfide) groups is 1. The molecule has 4 aromatic rings. The number of fused-ring (bicyclic) bond motifs is 1. The van der Waals surface area contributed by atoms with E-state index in [0.29, 0.717) is 21.5 Å². The van der Waals surface area contributed by atoms with E-state index < -0.39 is 28.1 Å². The Morgan fingerprint density at radius 2 is 1.88 bits per heavy atom. The van der Waals surface area contributed by atoms with E-state index in [2.05, 4.69) is 10.3 Å². The van der Waals surface area contributed by atoms with E-state index >= 15 is 0 Å². The van der Waals surface area contributed by atoms with Crippen LogP contribution in [0, 0.1) is 10.1 Å². The van der Waals surface area contributed by atoms with E-state index in [9.17, 15) is 24.8 Å². The Morgan fingerprint density at radius 3 is 2.59 bits per heavy atom. The maximum Gasteiger partial charge on any atom is 0.336 e. The van der Waals surface area contributed by atoms with E-state index in [1.54, 1.807) is 30.3 Å². The molecule has 0 aliphatic carbocycles. The van der Waals surface area contributed by atoms with Crippen LogP contribution in [0.25, 0.3) is 10.2 Å². The molecular formula is C22H13Cl2N3O5S2. The molecule has 12 heteroatoms. The van der Waals surface area contributed by atoms with Gasteiger partial charge in [-0.15, -0.1) is 11.3 Å². The summed E-state index contributed by atoms with van der Waals surface area (Å²) in [6.45, 7) is 0. The molecule has 3 aromatic carbocycles. The van der Waals surface area contributed by atoms with Crippen molar-refractivity contribution in [2.24, 2.45) is 0 Å². The monoisotopic (exact) mass is 533 g/mol. The quantitative estimate of drug-likeness (QED) is 0.153. The Hall–Kier alpha value is -3.18. The Morgan fingerprint density at radius 1 is 1.09 bits per heavy atom. The lowest BCUT2D eigenvalue weighted by atomic mass is 10.1. The van der Waals surface area contributed by atoms with Gasteiger partial charge in [0, 0.05) is 33.6 Å². The summed E-state index contributed by atoms with van der Waals surface area (Å²) in [7, 11) is 0. The third-order valence-corrected chi connectivity index (χ3v) is 7.48. The molecule has 0 aliphatic rings. The SMILES string of the molecule is O=C(O)c1cc([N+](=O)[O-])ccc1C(=O)Nc1ccc2nc(SCc3ccc(Cl)cc3Cl)sc2c1. The van der Waals surface area contributed by atoms with Gasteiger partial charge in [0.05, 0.1) is 26.3 Å². The summed E-state index contributed by atoms with van der Waals surface area (Å²) in [6, 6.07) is 13.5. The fourth-order valence-electron chi connectivity index (χ4n) is 3.04. The average Bonchev–Trinajstić information content (AvgIpc) is 3.20. The second-order valence-corrected chi connectivity index (χ2v) is 10.0. The van der Waals surface area contributed by atoms with Crippen LogP contribution >= 0.6 is 46.3 Å². The number of non-ortho nitro benzene ring substituents is 1. The molecule has 172 valence electrons. The number of hydrogen-bond acceptors (Lipinski definition) is 7. The minimum absolute atomic E-state index is 0.182. The number of aromatic carboxylic acids is 1. The second-order valence-electron chi connectivity index (χ2n) is 6.93. The van der Waals surface area contributed by atoms with Gasteiger partial charge in [0.25, 0.3) is 11.6 Å².